The molecule has 0 N–H and O–H groups in total. The number of anilines is 1. The van der Waals surface area contributed by atoms with Crippen LogP contribution in [0.15, 0.2) is 54.6 Å². The van der Waals surface area contributed by atoms with Crippen LogP contribution in [0.1, 0.15) is 16.1 Å². The van der Waals surface area contributed by atoms with Crippen molar-refractivity contribution >= 4 is 11.7 Å². The number of rotatable bonds is 4. The van der Waals surface area contributed by atoms with Crippen LogP contribution in [0.5, 0.6) is 5.75 Å². The quantitative estimate of drug-likeness (QED) is 0.663. The Bertz CT molecular complexity index is 1060. The summed E-state index contributed by atoms with van der Waals surface area (Å²) in [6, 6.07) is 15.5. The molecule has 0 bridgehead atoms. The second kappa shape index (κ2) is 8.49. The van der Waals surface area contributed by atoms with Crippen molar-refractivity contribution in [1.82, 2.24) is 14.9 Å². The van der Waals surface area contributed by atoms with Crippen LogP contribution in [0.4, 0.5) is 10.2 Å². The molecule has 1 saturated heterocycles. The fourth-order valence-corrected chi connectivity index (χ4v) is 3.60. The molecule has 2 heterocycles. The molecule has 2 aromatic carbocycles. The molecule has 0 radical (unpaired) electrons. The predicted molar refractivity (Wildman–Crippen MR) is 113 cm³/mol. The predicted octanol–water partition coefficient (Wildman–Crippen LogP) is 3.56. The molecule has 1 aromatic heterocycles. The zero-order valence-corrected chi connectivity index (χ0v) is 17.0. The monoisotopic (exact) mass is 406 g/mol. The summed E-state index contributed by atoms with van der Waals surface area (Å²) in [6.07, 6.45) is 0. The number of carbonyl (C=O) groups excluding carboxylic acids is 1. The number of piperazine rings is 1. The molecule has 154 valence electrons. The molecule has 1 aliphatic heterocycles. The van der Waals surface area contributed by atoms with E-state index < -0.39 is 0 Å². The van der Waals surface area contributed by atoms with Crippen LogP contribution in [0.2, 0.25) is 0 Å². The van der Waals surface area contributed by atoms with Gasteiger partial charge in [0, 0.05) is 43.5 Å². The molecule has 0 unspecified atom stereocenters. The molecule has 30 heavy (non-hydrogen) atoms. The van der Waals surface area contributed by atoms with Crippen molar-refractivity contribution < 1.29 is 13.9 Å². The summed E-state index contributed by atoms with van der Waals surface area (Å²) in [4.78, 5) is 26.0. The first kappa shape index (κ1) is 19.8. The topological polar surface area (TPSA) is 58.6 Å². The second-order valence-electron chi connectivity index (χ2n) is 7.18. The van der Waals surface area contributed by atoms with Gasteiger partial charge in [-0.05, 0) is 31.2 Å². The number of aryl methyl sites for hydroxylation is 1. The number of benzene rings is 2. The van der Waals surface area contributed by atoms with Gasteiger partial charge in [-0.3, -0.25) is 4.79 Å². The Morgan fingerprint density at radius 3 is 2.50 bits per heavy atom. The maximum atomic E-state index is 13.6. The SMILES string of the molecule is COc1ccccc1C(=O)N1CCN(c2cc(C)nc(-c3cccc(F)c3)n2)CC1. The van der Waals surface area contributed by atoms with Crippen LogP contribution < -0.4 is 9.64 Å². The smallest absolute Gasteiger partial charge is 0.257 e. The number of para-hydroxylation sites is 1. The number of amides is 1. The molecular formula is C23H23FN4O2. The van der Waals surface area contributed by atoms with Crippen LogP contribution in [0, 0.1) is 12.7 Å². The minimum absolute atomic E-state index is 0.0357. The lowest BCUT2D eigenvalue weighted by Crippen LogP contribution is -2.49. The van der Waals surface area contributed by atoms with E-state index in [4.69, 9.17) is 4.74 Å². The van der Waals surface area contributed by atoms with Crippen LogP contribution in [0.3, 0.4) is 0 Å². The van der Waals surface area contributed by atoms with E-state index in [9.17, 15) is 9.18 Å². The number of aromatic nitrogens is 2. The highest BCUT2D eigenvalue weighted by molar-refractivity contribution is 5.97. The number of hydrogen-bond donors (Lipinski definition) is 0. The maximum Gasteiger partial charge on any atom is 0.257 e. The summed E-state index contributed by atoms with van der Waals surface area (Å²) in [5.74, 6) is 1.51. The standard InChI is InChI=1S/C23H23FN4O2/c1-16-14-21(26-22(25-16)17-6-5-7-18(24)15-17)27-10-12-28(13-11-27)23(29)19-8-3-4-9-20(19)30-2/h3-9,14-15H,10-13H2,1-2H3. The number of hydrogen-bond acceptors (Lipinski definition) is 5. The van der Waals surface area contributed by atoms with Gasteiger partial charge in [0.05, 0.1) is 12.7 Å². The third kappa shape index (κ3) is 4.10. The zero-order valence-electron chi connectivity index (χ0n) is 17.0. The Balaban J connectivity index is 1.50. The van der Waals surface area contributed by atoms with Gasteiger partial charge in [-0.1, -0.05) is 24.3 Å². The van der Waals surface area contributed by atoms with Crippen molar-refractivity contribution in [2.45, 2.75) is 6.92 Å². The average molecular weight is 406 g/mol. The van der Waals surface area contributed by atoms with E-state index in [1.807, 2.05) is 30.0 Å². The van der Waals surface area contributed by atoms with Crippen LogP contribution in [-0.4, -0.2) is 54.1 Å². The highest BCUT2D eigenvalue weighted by Gasteiger charge is 2.25. The van der Waals surface area contributed by atoms with Gasteiger partial charge in [0.1, 0.15) is 17.4 Å². The van der Waals surface area contributed by atoms with Gasteiger partial charge in [0.25, 0.3) is 5.91 Å². The lowest BCUT2D eigenvalue weighted by atomic mass is 10.1. The molecule has 6 nitrogen and oxygen atoms in total. The molecule has 0 aliphatic carbocycles. The molecular weight excluding hydrogens is 383 g/mol. The van der Waals surface area contributed by atoms with Gasteiger partial charge in [0.15, 0.2) is 5.82 Å². The van der Waals surface area contributed by atoms with Crippen LogP contribution >= 0.6 is 0 Å². The molecule has 1 fully saturated rings. The molecule has 0 saturated carbocycles. The van der Waals surface area contributed by atoms with Gasteiger partial charge >= 0.3 is 0 Å². The third-order valence-corrected chi connectivity index (χ3v) is 5.15. The highest BCUT2D eigenvalue weighted by Crippen LogP contribution is 2.24. The number of halogens is 1. The largest absolute Gasteiger partial charge is 0.496 e. The maximum absolute atomic E-state index is 13.6. The summed E-state index contributed by atoms with van der Waals surface area (Å²) in [5.41, 5.74) is 2.02. The molecule has 7 heteroatoms. The molecule has 1 aliphatic rings. The first-order valence-electron chi connectivity index (χ1n) is 9.84. The molecule has 4 rings (SSSR count). The van der Waals surface area contributed by atoms with E-state index in [0.29, 0.717) is 48.9 Å². The van der Waals surface area contributed by atoms with E-state index >= 15 is 0 Å². The number of ether oxygens (including phenoxy) is 1. The molecule has 3 aromatic rings. The van der Waals surface area contributed by atoms with E-state index in [-0.39, 0.29) is 11.7 Å². The van der Waals surface area contributed by atoms with Crippen molar-refractivity contribution in [1.29, 1.82) is 0 Å². The first-order valence-corrected chi connectivity index (χ1v) is 9.84. The van der Waals surface area contributed by atoms with Crippen molar-refractivity contribution in [3.63, 3.8) is 0 Å². The second-order valence-corrected chi connectivity index (χ2v) is 7.18. The fourth-order valence-electron chi connectivity index (χ4n) is 3.60. The summed E-state index contributed by atoms with van der Waals surface area (Å²) < 4.78 is 18.9. The summed E-state index contributed by atoms with van der Waals surface area (Å²) in [6.45, 7) is 4.36. The molecule has 1 amide bonds. The van der Waals surface area contributed by atoms with Gasteiger partial charge in [-0.15, -0.1) is 0 Å². The number of nitrogens with zero attached hydrogens (tertiary/aromatic N) is 4. The van der Waals surface area contributed by atoms with Crippen molar-refractivity contribution in [3.8, 4) is 17.1 Å². The van der Waals surface area contributed by atoms with Gasteiger partial charge in [0.2, 0.25) is 0 Å². The number of carbonyl (C=O) groups is 1. The Hall–Kier alpha value is -3.48. The van der Waals surface area contributed by atoms with E-state index in [1.165, 1.54) is 12.1 Å². The Labute approximate surface area is 174 Å². The van der Waals surface area contributed by atoms with Crippen molar-refractivity contribution in [2.75, 3.05) is 38.2 Å². The van der Waals surface area contributed by atoms with Gasteiger partial charge in [-0.2, -0.15) is 0 Å². The Morgan fingerprint density at radius 1 is 1.00 bits per heavy atom. The lowest BCUT2D eigenvalue weighted by Gasteiger charge is -2.35. The Kier molecular flexibility index (Phi) is 5.61. The normalized spacial score (nSPS) is 14.0. The van der Waals surface area contributed by atoms with Crippen LogP contribution in [0.25, 0.3) is 11.4 Å². The summed E-state index contributed by atoms with van der Waals surface area (Å²) >= 11 is 0. The van der Waals surface area contributed by atoms with Crippen molar-refractivity contribution in [2.24, 2.45) is 0 Å². The minimum Gasteiger partial charge on any atom is -0.496 e. The molecule has 0 spiro atoms. The van der Waals surface area contributed by atoms with Crippen molar-refractivity contribution in [3.05, 3.63) is 71.7 Å². The molecule has 0 atom stereocenters. The fraction of sp³-hybridized carbons (Fsp3) is 0.261. The number of methoxy groups -OCH3 is 1. The highest BCUT2D eigenvalue weighted by atomic mass is 19.1. The van der Waals surface area contributed by atoms with Gasteiger partial charge < -0.3 is 14.5 Å². The first-order chi connectivity index (χ1) is 14.5. The van der Waals surface area contributed by atoms with E-state index in [1.54, 1.807) is 31.4 Å². The zero-order chi connectivity index (χ0) is 21.1. The summed E-state index contributed by atoms with van der Waals surface area (Å²) in [7, 11) is 1.57. The third-order valence-electron chi connectivity index (χ3n) is 5.15. The average Bonchev–Trinajstić information content (AvgIpc) is 2.78. The van der Waals surface area contributed by atoms with Crippen LogP contribution in [-0.2, 0) is 0 Å². The Morgan fingerprint density at radius 2 is 1.77 bits per heavy atom. The lowest BCUT2D eigenvalue weighted by molar-refractivity contribution is 0.0743. The van der Waals surface area contributed by atoms with E-state index in [0.717, 1.165) is 11.5 Å². The van der Waals surface area contributed by atoms with E-state index in [2.05, 4.69) is 14.9 Å². The van der Waals surface area contributed by atoms with Gasteiger partial charge in [-0.25, -0.2) is 14.4 Å². The summed E-state index contributed by atoms with van der Waals surface area (Å²) in [5, 5.41) is 0. The minimum atomic E-state index is -0.317.